The van der Waals surface area contributed by atoms with E-state index in [1.165, 1.54) is 18.3 Å². The lowest BCUT2D eigenvalue weighted by Gasteiger charge is -2.31. The lowest BCUT2D eigenvalue weighted by molar-refractivity contribution is 0.0699. The molecule has 2 aromatic carbocycles. The van der Waals surface area contributed by atoms with Crippen molar-refractivity contribution >= 4 is 18.0 Å². The van der Waals surface area contributed by atoms with Gasteiger partial charge in [0.15, 0.2) is 18.1 Å². The van der Waals surface area contributed by atoms with Gasteiger partial charge < -0.3 is 20.2 Å². The van der Waals surface area contributed by atoms with Gasteiger partial charge in [0.2, 0.25) is 0 Å². The van der Waals surface area contributed by atoms with Gasteiger partial charge in [0.05, 0.1) is 11.7 Å². The van der Waals surface area contributed by atoms with Crippen LogP contribution in [-0.4, -0.2) is 47.5 Å². The van der Waals surface area contributed by atoms with E-state index in [9.17, 15) is 9.59 Å². The van der Waals surface area contributed by atoms with Gasteiger partial charge in [-0.05, 0) is 44.5 Å². The highest BCUT2D eigenvalue weighted by atomic mass is 16.5. The highest BCUT2D eigenvalue weighted by molar-refractivity contribution is 6.05. The first-order chi connectivity index (χ1) is 16.3. The molecule has 0 saturated heterocycles. The van der Waals surface area contributed by atoms with Crippen LogP contribution in [0.2, 0.25) is 0 Å². The molecule has 0 bridgehead atoms. The number of ether oxygens (including phenoxy) is 1. The number of hydrogen-bond donors (Lipinski definition) is 2. The fourth-order valence-corrected chi connectivity index (χ4v) is 3.45. The maximum Gasteiger partial charge on any atom is 0.407 e. The fraction of sp³-hybridized carbons (Fsp3) is 0.280. The molecule has 0 aliphatic rings. The van der Waals surface area contributed by atoms with Crippen molar-refractivity contribution in [2.24, 2.45) is 10.7 Å². The third kappa shape index (κ3) is 5.80. The summed E-state index contributed by atoms with van der Waals surface area (Å²) >= 11 is 0. The Morgan fingerprint density at radius 1 is 1.18 bits per heavy atom. The molecule has 2 amide bonds. The molecule has 0 radical (unpaired) electrons. The minimum Gasteiger partial charge on any atom is -0.447 e. The fourth-order valence-electron chi connectivity index (χ4n) is 3.45. The van der Waals surface area contributed by atoms with Crippen molar-refractivity contribution in [3.8, 4) is 11.3 Å². The Kier molecular flexibility index (Phi) is 8.02. The van der Waals surface area contributed by atoms with Crippen LogP contribution in [0.25, 0.3) is 11.3 Å². The van der Waals surface area contributed by atoms with Gasteiger partial charge in [-0.15, -0.1) is 0 Å². The van der Waals surface area contributed by atoms with E-state index >= 15 is 0 Å². The molecule has 1 aromatic heterocycles. The number of aliphatic imine (C=N–C) groups is 1. The predicted molar refractivity (Wildman–Crippen MR) is 129 cm³/mol. The van der Waals surface area contributed by atoms with Crippen LogP contribution < -0.4 is 11.1 Å². The number of nitrogens with two attached hydrogens (primary N) is 1. The number of carbonyl (C=O) groups is 2. The summed E-state index contributed by atoms with van der Waals surface area (Å²) in [5, 5.41) is 2.68. The molecule has 3 aromatic rings. The summed E-state index contributed by atoms with van der Waals surface area (Å²) in [6.07, 6.45) is 0.780. The predicted octanol–water partition coefficient (Wildman–Crippen LogP) is 3.91. The Morgan fingerprint density at radius 3 is 2.53 bits per heavy atom. The van der Waals surface area contributed by atoms with Crippen LogP contribution in [0, 0.1) is 6.92 Å². The van der Waals surface area contributed by atoms with Crippen LogP contribution >= 0.6 is 0 Å². The Morgan fingerprint density at radius 2 is 1.91 bits per heavy atom. The zero-order valence-electron chi connectivity index (χ0n) is 19.7. The monoisotopic (exact) mass is 463 g/mol. The molecular formula is C25H29N5O4. The van der Waals surface area contributed by atoms with Gasteiger partial charge in [-0.25, -0.2) is 9.78 Å². The highest BCUT2D eigenvalue weighted by Gasteiger charge is 2.31. The second kappa shape index (κ2) is 11.1. The Labute approximate surface area is 198 Å². The minimum atomic E-state index is -0.752. The van der Waals surface area contributed by atoms with Gasteiger partial charge in [-0.3, -0.25) is 14.7 Å². The second-order valence-corrected chi connectivity index (χ2v) is 7.93. The summed E-state index contributed by atoms with van der Waals surface area (Å²) in [7, 11) is 1.50. The molecule has 0 spiro atoms. The average molecular weight is 464 g/mol. The number of oxazole rings is 1. The largest absolute Gasteiger partial charge is 0.447 e. The van der Waals surface area contributed by atoms with Crippen molar-refractivity contribution in [3.05, 3.63) is 77.8 Å². The van der Waals surface area contributed by atoms with E-state index in [0.717, 1.165) is 11.3 Å². The summed E-state index contributed by atoms with van der Waals surface area (Å²) in [6.45, 7) is 5.35. The first kappa shape index (κ1) is 24.5. The third-order valence-electron chi connectivity index (χ3n) is 5.09. The smallest absolute Gasteiger partial charge is 0.407 e. The molecule has 1 atom stereocenters. The number of guanidine groups is 1. The number of carbonyl (C=O) groups excluding carboxylic acids is 2. The van der Waals surface area contributed by atoms with Crippen LogP contribution in [0.3, 0.4) is 0 Å². The van der Waals surface area contributed by atoms with Gasteiger partial charge in [0.25, 0.3) is 5.91 Å². The normalized spacial score (nSPS) is 12.3. The minimum absolute atomic E-state index is 0.00651. The zero-order valence-corrected chi connectivity index (χ0v) is 19.7. The van der Waals surface area contributed by atoms with Crippen molar-refractivity contribution < 1.29 is 18.7 Å². The summed E-state index contributed by atoms with van der Waals surface area (Å²) in [5.41, 5.74) is 8.81. The average Bonchev–Trinajstić information content (AvgIpc) is 3.27. The molecule has 178 valence electrons. The summed E-state index contributed by atoms with van der Waals surface area (Å²) < 4.78 is 11.0. The third-order valence-corrected chi connectivity index (χ3v) is 5.09. The number of hydrogen-bond acceptors (Lipinski definition) is 6. The summed E-state index contributed by atoms with van der Waals surface area (Å²) in [6, 6.07) is 15.3. The van der Waals surface area contributed by atoms with Gasteiger partial charge >= 0.3 is 6.09 Å². The number of nitrogens with zero attached hydrogens (tertiary/aromatic N) is 3. The molecule has 0 aliphatic carbocycles. The molecule has 3 rings (SSSR count). The number of aryl methyl sites for hydroxylation is 1. The number of alkyl carbamates (subject to hydrolysis) is 1. The molecule has 9 heteroatoms. The molecule has 0 saturated carbocycles. The van der Waals surface area contributed by atoms with Gasteiger partial charge in [0.1, 0.15) is 6.61 Å². The maximum absolute atomic E-state index is 13.5. The Bertz CT molecular complexity index is 1160. The van der Waals surface area contributed by atoms with Crippen molar-refractivity contribution in [1.29, 1.82) is 0 Å². The molecular weight excluding hydrogens is 434 g/mol. The van der Waals surface area contributed by atoms with E-state index in [0.29, 0.717) is 16.9 Å². The van der Waals surface area contributed by atoms with Crippen LogP contribution in [-0.2, 0) is 4.74 Å². The van der Waals surface area contributed by atoms with Crippen molar-refractivity contribution in [1.82, 2.24) is 15.2 Å². The first-order valence-corrected chi connectivity index (χ1v) is 10.9. The number of rotatable bonds is 7. The van der Waals surface area contributed by atoms with E-state index in [2.05, 4.69) is 15.3 Å². The van der Waals surface area contributed by atoms with Crippen LogP contribution in [0.5, 0.6) is 0 Å². The topological polar surface area (TPSA) is 123 Å². The van der Waals surface area contributed by atoms with Crippen molar-refractivity contribution in [2.75, 3.05) is 13.7 Å². The Hall–Kier alpha value is -4.14. The summed E-state index contributed by atoms with van der Waals surface area (Å²) in [5.74, 6) is 0.230. The lowest BCUT2D eigenvalue weighted by Crippen LogP contribution is -2.46. The first-order valence-electron chi connectivity index (χ1n) is 10.9. The quantitative estimate of drug-likeness (QED) is 0.404. The van der Waals surface area contributed by atoms with Gasteiger partial charge in [-0.1, -0.05) is 36.4 Å². The van der Waals surface area contributed by atoms with E-state index in [1.807, 2.05) is 51.1 Å². The molecule has 0 unspecified atom stereocenters. The number of amides is 2. The summed E-state index contributed by atoms with van der Waals surface area (Å²) in [4.78, 5) is 35.3. The zero-order chi connectivity index (χ0) is 24.7. The van der Waals surface area contributed by atoms with Crippen LogP contribution in [0.1, 0.15) is 41.5 Å². The molecule has 1 heterocycles. The van der Waals surface area contributed by atoms with E-state index in [1.54, 1.807) is 24.3 Å². The highest BCUT2D eigenvalue weighted by Crippen LogP contribution is 2.29. The van der Waals surface area contributed by atoms with Crippen molar-refractivity contribution in [2.45, 2.75) is 32.9 Å². The second-order valence-electron chi connectivity index (χ2n) is 7.93. The maximum atomic E-state index is 13.5. The molecule has 0 aliphatic heterocycles. The standard InChI is InChI=1S/C25H29N5O4/c1-16(2)29-25(32)33-14-21(19-11-8-12-20(13-19)22-17(3)28-15-34-22)30(24(26)27-4)23(31)18-9-6-5-7-10-18/h5-13,15-16,21H,14H2,1-4H3,(H2,26,27)(H,29,32)/t21-/m1/s1. The van der Waals surface area contributed by atoms with E-state index < -0.39 is 12.1 Å². The number of aromatic nitrogens is 1. The number of benzene rings is 2. The molecule has 34 heavy (non-hydrogen) atoms. The lowest BCUT2D eigenvalue weighted by atomic mass is 10.0. The van der Waals surface area contributed by atoms with E-state index in [4.69, 9.17) is 14.9 Å². The van der Waals surface area contributed by atoms with E-state index in [-0.39, 0.29) is 24.5 Å². The van der Waals surface area contributed by atoms with Gasteiger partial charge in [-0.2, -0.15) is 0 Å². The SMILES string of the molecule is CN=C(N)N(C(=O)c1ccccc1)[C@H](COC(=O)NC(C)C)c1cccc(-c2ocnc2C)c1. The van der Waals surface area contributed by atoms with Crippen LogP contribution in [0.4, 0.5) is 4.79 Å². The Balaban J connectivity index is 2.05. The van der Waals surface area contributed by atoms with Crippen molar-refractivity contribution in [3.63, 3.8) is 0 Å². The van der Waals surface area contributed by atoms with Crippen LogP contribution in [0.15, 0.2) is 70.4 Å². The molecule has 0 fully saturated rings. The number of nitrogens with one attached hydrogen (secondary N) is 1. The van der Waals surface area contributed by atoms with Gasteiger partial charge in [0, 0.05) is 24.2 Å². The molecule has 3 N–H and O–H groups in total. The molecule has 9 nitrogen and oxygen atoms in total.